The molecule has 1 saturated carbocycles. The van der Waals surface area contributed by atoms with Crippen LogP contribution in [0.15, 0.2) is 24.3 Å². The number of rotatable bonds is 4. The monoisotopic (exact) mass is 311 g/mol. The number of benzene rings is 1. The smallest absolute Gasteiger partial charge is 0.404 e. The highest BCUT2D eigenvalue weighted by Gasteiger charge is 2.45. The normalized spacial score (nSPS) is 25.1. The second-order valence-corrected chi connectivity index (χ2v) is 6.03. The molecule has 116 valence electrons. The Hall–Kier alpha value is -1.26. The molecule has 1 aromatic carbocycles. The number of aliphatic hydroxyl groups is 1. The molecule has 21 heavy (non-hydrogen) atoms. The fourth-order valence-corrected chi connectivity index (χ4v) is 3.70. The number of amides is 1. The predicted octanol–water partition coefficient (Wildman–Crippen LogP) is 3.59. The Morgan fingerprint density at radius 2 is 2.10 bits per heavy atom. The summed E-state index contributed by atoms with van der Waals surface area (Å²) in [7, 11) is 0. The van der Waals surface area contributed by atoms with Crippen LogP contribution in [0.2, 0.25) is 5.02 Å². The third-order valence-corrected chi connectivity index (χ3v) is 4.79. The van der Waals surface area contributed by atoms with E-state index in [1.807, 2.05) is 25.1 Å². The van der Waals surface area contributed by atoms with Gasteiger partial charge in [-0.25, -0.2) is 4.79 Å². The molecular weight excluding hydrogens is 290 g/mol. The van der Waals surface area contributed by atoms with E-state index in [0.717, 1.165) is 25.7 Å². The molecule has 1 aliphatic rings. The van der Waals surface area contributed by atoms with Crippen molar-refractivity contribution in [3.63, 3.8) is 0 Å². The topological polar surface area (TPSA) is 72.6 Å². The Kier molecular flexibility index (Phi) is 5.12. The summed E-state index contributed by atoms with van der Waals surface area (Å²) in [5, 5.41) is 11.8. The summed E-state index contributed by atoms with van der Waals surface area (Å²) in [6.07, 6.45) is 2.82. The van der Waals surface area contributed by atoms with E-state index < -0.39 is 11.7 Å². The predicted molar refractivity (Wildman–Crippen MR) is 82.1 cm³/mol. The quantitative estimate of drug-likeness (QED) is 0.892. The van der Waals surface area contributed by atoms with Gasteiger partial charge in [0.15, 0.2) is 0 Å². The maximum Gasteiger partial charge on any atom is 0.404 e. The zero-order chi connectivity index (χ0) is 15.5. The molecule has 0 spiro atoms. The van der Waals surface area contributed by atoms with Crippen LogP contribution in [0.1, 0.15) is 44.6 Å². The van der Waals surface area contributed by atoms with Gasteiger partial charge in [-0.3, -0.25) is 0 Å². The standard InChI is InChI=1S/C16H22ClNO3/c1-2-16(20,11-7-3-5-9-13(11)17)12-8-4-6-10-14(12)21-15(18)19/h3,5,7,9,12,14,20H,2,4,6,8,10H2,1H3,(H2,18,19)/t12-,14-,16+/m1/s1. The molecule has 1 amide bonds. The van der Waals surface area contributed by atoms with Gasteiger partial charge < -0.3 is 15.6 Å². The second kappa shape index (κ2) is 6.67. The van der Waals surface area contributed by atoms with Crippen LogP contribution in [0.5, 0.6) is 0 Å². The first-order valence-corrected chi connectivity index (χ1v) is 7.80. The molecule has 0 aromatic heterocycles. The van der Waals surface area contributed by atoms with Crippen molar-refractivity contribution in [1.29, 1.82) is 0 Å². The van der Waals surface area contributed by atoms with Crippen molar-refractivity contribution in [2.75, 3.05) is 0 Å². The summed E-state index contributed by atoms with van der Waals surface area (Å²) in [4.78, 5) is 11.1. The number of primary amides is 1. The largest absolute Gasteiger partial charge is 0.446 e. The molecule has 0 heterocycles. The third kappa shape index (κ3) is 3.33. The summed E-state index contributed by atoms with van der Waals surface area (Å²) in [5.41, 5.74) is 4.75. The summed E-state index contributed by atoms with van der Waals surface area (Å²) >= 11 is 6.27. The fourth-order valence-electron chi connectivity index (χ4n) is 3.40. The lowest BCUT2D eigenvalue weighted by Gasteiger charge is -2.42. The van der Waals surface area contributed by atoms with Crippen molar-refractivity contribution in [1.82, 2.24) is 0 Å². The SMILES string of the molecule is CC[C@](O)(c1ccccc1Cl)[C@@H]1CCCC[C@H]1OC(N)=O. The molecule has 0 unspecified atom stereocenters. The van der Waals surface area contributed by atoms with Gasteiger partial charge in [-0.2, -0.15) is 0 Å². The number of halogens is 1. The molecule has 4 nitrogen and oxygen atoms in total. The van der Waals surface area contributed by atoms with Crippen molar-refractivity contribution in [2.24, 2.45) is 11.7 Å². The number of carbonyl (C=O) groups excluding carboxylic acids is 1. The molecule has 0 radical (unpaired) electrons. The van der Waals surface area contributed by atoms with Gasteiger partial charge in [0.2, 0.25) is 0 Å². The average molecular weight is 312 g/mol. The van der Waals surface area contributed by atoms with E-state index in [0.29, 0.717) is 17.0 Å². The van der Waals surface area contributed by atoms with Gasteiger partial charge in [0, 0.05) is 16.5 Å². The Morgan fingerprint density at radius 1 is 1.43 bits per heavy atom. The molecule has 5 heteroatoms. The van der Waals surface area contributed by atoms with Crippen LogP contribution in [0.3, 0.4) is 0 Å². The molecular formula is C16H22ClNO3. The minimum Gasteiger partial charge on any atom is -0.446 e. The van der Waals surface area contributed by atoms with Crippen LogP contribution in [0.4, 0.5) is 4.79 Å². The number of hydrogen-bond acceptors (Lipinski definition) is 3. The Bertz CT molecular complexity index is 508. The summed E-state index contributed by atoms with van der Waals surface area (Å²) < 4.78 is 5.25. The van der Waals surface area contributed by atoms with E-state index in [1.165, 1.54) is 0 Å². The van der Waals surface area contributed by atoms with E-state index in [-0.39, 0.29) is 12.0 Å². The average Bonchev–Trinajstić information content (AvgIpc) is 2.47. The van der Waals surface area contributed by atoms with Gasteiger partial charge in [-0.1, -0.05) is 43.1 Å². The molecule has 0 bridgehead atoms. The van der Waals surface area contributed by atoms with E-state index in [9.17, 15) is 9.90 Å². The van der Waals surface area contributed by atoms with Crippen molar-refractivity contribution >= 4 is 17.7 Å². The fraction of sp³-hybridized carbons (Fsp3) is 0.562. The van der Waals surface area contributed by atoms with E-state index >= 15 is 0 Å². The van der Waals surface area contributed by atoms with Gasteiger partial charge in [0.1, 0.15) is 6.10 Å². The first-order valence-electron chi connectivity index (χ1n) is 7.42. The summed E-state index contributed by atoms with van der Waals surface area (Å²) in [6, 6.07) is 7.29. The third-order valence-electron chi connectivity index (χ3n) is 4.46. The minimum atomic E-state index is -1.11. The first kappa shape index (κ1) is 16.1. The van der Waals surface area contributed by atoms with E-state index in [4.69, 9.17) is 22.1 Å². The number of nitrogens with two attached hydrogens (primary N) is 1. The summed E-state index contributed by atoms with van der Waals surface area (Å²) in [5.74, 6) is -0.191. The summed E-state index contributed by atoms with van der Waals surface area (Å²) in [6.45, 7) is 1.92. The van der Waals surface area contributed by atoms with Crippen molar-refractivity contribution < 1.29 is 14.6 Å². The highest BCUT2D eigenvalue weighted by Crippen LogP contribution is 2.44. The molecule has 3 atom stereocenters. The lowest BCUT2D eigenvalue weighted by Crippen LogP contribution is -2.45. The molecule has 1 aromatic rings. The van der Waals surface area contributed by atoms with Crippen LogP contribution < -0.4 is 5.73 Å². The van der Waals surface area contributed by atoms with Gasteiger partial charge in [0.05, 0.1) is 5.60 Å². The number of carbonyl (C=O) groups is 1. The molecule has 1 fully saturated rings. The van der Waals surface area contributed by atoms with Crippen LogP contribution in [0, 0.1) is 5.92 Å². The molecule has 0 aliphatic heterocycles. The highest BCUT2D eigenvalue weighted by atomic mass is 35.5. The minimum absolute atomic E-state index is 0.191. The van der Waals surface area contributed by atoms with Gasteiger partial charge in [-0.15, -0.1) is 0 Å². The van der Waals surface area contributed by atoms with Crippen molar-refractivity contribution in [2.45, 2.75) is 50.7 Å². The Balaban J connectivity index is 2.37. The molecule has 2 rings (SSSR count). The Labute approximate surface area is 130 Å². The van der Waals surface area contributed by atoms with E-state index in [2.05, 4.69) is 0 Å². The number of hydrogen-bond donors (Lipinski definition) is 2. The maximum atomic E-state index is 11.3. The highest BCUT2D eigenvalue weighted by molar-refractivity contribution is 6.31. The maximum absolute atomic E-state index is 11.3. The van der Waals surface area contributed by atoms with Gasteiger partial charge >= 0.3 is 6.09 Å². The van der Waals surface area contributed by atoms with Gasteiger partial charge in [0.25, 0.3) is 0 Å². The van der Waals surface area contributed by atoms with E-state index in [1.54, 1.807) is 6.07 Å². The number of ether oxygens (including phenoxy) is 1. The second-order valence-electron chi connectivity index (χ2n) is 5.62. The first-order chi connectivity index (χ1) is 9.99. The molecule has 1 aliphatic carbocycles. The van der Waals surface area contributed by atoms with Crippen LogP contribution in [-0.2, 0) is 10.3 Å². The van der Waals surface area contributed by atoms with Crippen molar-refractivity contribution in [3.8, 4) is 0 Å². The van der Waals surface area contributed by atoms with Crippen molar-refractivity contribution in [3.05, 3.63) is 34.9 Å². The van der Waals surface area contributed by atoms with Gasteiger partial charge in [-0.05, 0) is 31.7 Å². The zero-order valence-corrected chi connectivity index (χ0v) is 13.0. The lowest BCUT2D eigenvalue weighted by molar-refractivity contribution is -0.0968. The molecule has 0 saturated heterocycles. The van der Waals surface area contributed by atoms with Crippen LogP contribution in [0.25, 0.3) is 0 Å². The molecule has 3 N–H and O–H groups in total. The Morgan fingerprint density at radius 3 is 2.71 bits per heavy atom. The lowest BCUT2D eigenvalue weighted by atomic mass is 9.70. The van der Waals surface area contributed by atoms with Crippen LogP contribution >= 0.6 is 11.6 Å². The van der Waals surface area contributed by atoms with Crippen LogP contribution in [-0.4, -0.2) is 17.3 Å². The zero-order valence-electron chi connectivity index (χ0n) is 12.2.